The third-order valence-corrected chi connectivity index (χ3v) is 15.8. The molecule has 10 rings (SSSR count). The third kappa shape index (κ3) is 9.18. The van der Waals surface area contributed by atoms with E-state index in [0.717, 1.165) is 51.3 Å². The Balaban J connectivity index is 0.945. The first-order valence-corrected chi connectivity index (χ1v) is 25.6. The summed E-state index contributed by atoms with van der Waals surface area (Å²) in [4.78, 5) is 78.5. The van der Waals surface area contributed by atoms with Crippen LogP contribution < -0.4 is 15.4 Å². The summed E-state index contributed by atoms with van der Waals surface area (Å²) in [5.41, 5.74) is 4.06. The molecule has 2 aromatic carbocycles. The number of fused-ring (bicyclic) bond motifs is 5. The zero-order valence-electron chi connectivity index (χ0n) is 41.5. The lowest BCUT2D eigenvalue weighted by molar-refractivity contribution is -0.139. The molecule has 0 spiro atoms. The lowest BCUT2D eigenvalue weighted by Crippen LogP contribution is -2.54. The van der Waals surface area contributed by atoms with E-state index in [-0.39, 0.29) is 35.7 Å². The van der Waals surface area contributed by atoms with Gasteiger partial charge in [0.15, 0.2) is 0 Å². The average Bonchev–Trinajstić information content (AvgIpc) is 4.23. The first-order valence-electron chi connectivity index (χ1n) is 24.8. The molecule has 4 unspecified atom stereocenters. The van der Waals surface area contributed by atoms with E-state index in [0.29, 0.717) is 85.3 Å². The van der Waals surface area contributed by atoms with E-state index in [4.69, 9.17) is 28.9 Å². The summed E-state index contributed by atoms with van der Waals surface area (Å²) in [5, 5.41) is 7.34. The molecule has 380 valence electrons. The van der Waals surface area contributed by atoms with Crippen molar-refractivity contribution in [1.29, 1.82) is 0 Å². The number of rotatable bonds is 12. The van der Waals surface area contributed by atoms with Crippen LogP contribution in [-0.4, -0.2) is 115 Å². The van der Waals surface area contributed by atoms with Crippen LogP contribution in [0, 0.1) is 17.7 Å². The maximum Gasteiger partial charge on any atom is 0.407 e. The molecule has 6 atom stereocenters. The standard InChI is InChI=1S/C52H61FN10O8S/c1-8-41-54-26-40(72-41)49-63-35-14-13-28(33-24-55-45(57-33)37-12-10-17-62(37)48(65)44(60-51(67)69-7)29-15-18-70-52(4,5)23-29)19-31(35)21-38(63)42-32(53)20-30(22-39(42)71-49)34-25-56-46(58-34)36-11-9-16-61(36)47(64)43(27(2)3)59-50(66)68-6/h13-14,19-22,24-27,29,36-37,43-44,49H,8-12,15-18,23H2,1-7H3,(H,55,57)(H,56,58)(H,59,66)(H,60,67)/t29?,36-,37-,43?,44?,49?/m0/s1. The van der Waals surface area contributed by atoms with Crippen molar-refractivity contribution >= 4 is 46.2 Å². The molecular formula is C52H61FN10O8S. The largest absolute Gasteiger partial charge is 0.464 e. The molecule has 4 N–H and O–H groups in total. The highest BCUT2D eigenvalue weighted by atomic mass is 32.1. The van der Waals surface area contributed by atoms with Gasteiger partial charge in [0.1, 0.15) is 35.3 Å². The molecule has 0 bridgehead atoms. The van der Waals surface area contributed by atoms with E-state index >= 15 is 4.39 Å². The summed E-state index contributed by atoms with van der Waals surface area (Å²) in [5.74, 6) is 0.393. The van der Waals surface area contributed by atoms with E-state index in [1.807, 2.05) is 73.7 Å². The van der Waals surface area contributed by atoms with Gasteiger partial charge in [-0.15, -0.1) is 11.3 Å². The predicted octanol–water partition coefficient (Wildman–Crippen LogP) is 8.82. The summed E-state index contributed by atoms with van der Waals surface area (Å²) >= 11 is 1.55. The van der Waals surface area contributed by atoms with Crippen LogP contribution in [0.2, 0.25) is 0 Å². The number of ether oxygens (including phenoxy) is 4. The van der Waals surface area contributed by atoms with Crippen molar-refractivity contribution in [2.75, 3.05) is 33.9 Å². The fourth-order valence-corrected chi connectivity index (χ4v) is 11.9. The van der Waals surface area contributed by atoms with Crippen LogP contribution in [0.15, 0.2) is 55.0 Å². The van der Waals surface area contributed by atoms with Gasteiger partial charge in [-0.2, -0.15) is 0 Å². The van der Waals surface area contributed by atoms with Gasteiger partial charge in [0.05, 0.1) is 82.3 Å². The summed E-state index contributed by atoms with van der Waals surface area (Å²) in [6.45, 7) is 11.3. The van der Waals surface area contributed by atoms with Crippen molar-refractivity contribution in [2.45, 2.75) is 116 Å². The number of carbonyl (C=O) groups is 4. The van der Waals surface area contributed by atoms with Gasteiger partial charge in [0, 0.05) is 42.4 Å². The minimum atomic E-state index is -0.778. The van der Waals surface area contributed by atoms with E-state index in [1.54, 1.807) is 28.6 Å². The van der Waals surface area contributed by atoms with Gasteiger partial charge in [-0.05, 0) is 101 Å². The molecule has 20 heteroatoms. The molecule has 4 aromatic heterocycles. The molecule has 3 saturated heterocycles. The van der Waals surface area contributed by atoms with Crippen LogP contribution in [0.3, 0.4) is 0 Å². The van der Waals surface area contributed by atoms with Crippen LogP contribution >= 0.6 is 11.3 Å². The van der Waals surface area contributed by atoms with Gasteiger partial charge in [0.2, 0.25) is 18.0 Å². The number of benzene rings is 2. The molecule has 0 radical (unpaired) electrons. The molecule has 4 aliphatic heterocycles. The predicted molar refractivity (Wildman–Crippen MR) is 266 cm³/mol. The molecule has 72 heavy (non-hydrogen) atoms. The molecule has 8 heterocycles. The number of hydrogen-bond acceptors (Lipinski definition) is 12. The normalized spacial score (nSPS) is 21.2. The average molecular weight is 1010 g/mol. The van der Waals surface area contributed by atoms with Gasteiger partial charge in [-0.3, -0.25) is 14.2 Å². The number of imidazole rings is 2. The number of nitrogens with one attached hydrogen (secondary N) is 4. The number of amides is 4. The second-order valence-electron chi connectivity index (χ2n) is 20.1. The minimum absolute atomic E-state index is 0.132. The first kappa shape index (κ1) is 48.8. The number of carbonyl (C=O) groups excluding carboxylic acids is 4. The number of aromatic amines is 2. The van der Waals surface area contributed by atoms with Crippen molar-refractivity contribution in [2.24, 2.45) is 11.8 Å². The second-order valence-corrected chi connectivity index (χ2v) is 21.2. The number of nitrogens with zero attached hydrogens (tertiary/aromatic N) is 6. The number of likely N-dealkylation sites (tertiary alicyclic amines) is 2. The van der Waals surface area contributed by atoms with Crippen molar-refractivity contribution in [3.05, 3.63) is 82.3 Å². The number of aromatic nitrogens is 6. The SMILES string of the molecule is CCc1ncc(C2Oc3cc(-c4cnc([C@@H]5CCCN5C(=O)C(NC(=O)OC)C(C)C)[nH]4)cc(F)c3-c3cc4cc(-c5cnc([C@@H]6CCCN6C(=O)C(NC(=O)OC)C6CCOC(C)(C)C6)[nH]5)ccc4n32)s1. The molecular weight excluding hydrogens is 944 g/mol. The Morgan fingerprint density at radius 1 is 0.861 bits per heavy atom. The third-order valence-electron chi connectivity index (χ3n) is 14.6. The van der Waals surface area contributed by atoms with Crippen molar-refractivity contribution in [1.82, 2.24) is 49.9 Å². The van der Waals surface area contributed by atoms with Gasteiger partial charge >= 0.3 is 12.2 Å². The maximum atomic E-state index is 16.9. The summed E-state index contributed by atoms with van der Waals surface area (Å²) in [6, 6.07) is 9.09. The fraction of sp³-hybridized carbons (Fsp3) is 0.481. The van der Waals surface area contributed by atoms with Crippen LogP contribution in [0.5, 0.6) is 5.75 Å². The van der Waals surface area contributed by atoms with Gasteiger partial charge in [0.25, 0.3) is 0 Å². The van der Waals surface area contributed by atoms with Crippen LogP contribution in [-0.2, 0) is 30.2 Å². The highest BCUT2D eigenvalue weighted by Gasteiger charge is 2.43. The monoisotopic (exact) mass is 1000 g/mol. The van der Waals surface area contributed by atoms with Crippen LogP contribution in [0.1, 0.15) is 113 Å². The van der Waals surface area contributed by atoms with Gasteiger partial charge in [-0.25, -0.2) is 28.9 Å². The van der Waals surface area contributed by atoms with Crippen molar-refractivity contribution < 1.29 is 42.5 Å². The summed E-state index contributed by atoms with van der Waals surface area (Å²) in [6.07, 6.45) is 8.17. The number of aryl methyl sites for hydroxylation is 1. The summed E-state index contributed by atoms with van der Waals surface area (Å²) in [7, 11) is 2.56. The molecule has 0 saturated carbocycles. The van der Waals surface area contributed by atoms with Crippen LogP contribution in [0.4, 0.5) is 14.0 Å². The van der Waals surface area contributed by atoms with Gasteiger partial charge in [-0.1, -0.05) is 26.8 Å². The Bertz CT molecular complexity index is 3030. The smallest absolute Gasteiger partial charge is 0.407 e. The zero-order chi connectivity index (χ0) is 50.6. The molecule has 6 aromatic rings. The maximum absolute atomic E-state index is 16.9. The van der Waals surface area contributed by atoms with Crippen LogP contribution in [0.25, 0.3) is 44.7 Å². The number of H-pyrrole nitrogens is 2. The Morgan fingerprint density at radius 2 is 1.53 bits per heavy atom. The molecule has 3 fully saturated rings. The first-order chi connectivity index (χ1) is 34.6. The molecule has 18 nitrogen and oxygen atoms in total. The van der Waals surface area contributed by atoms with E-state index in [2.05, 4.69) is 32.5 Å². The fourth-order valence-electron chi connectivity index (χ4n) is 11.0. The topological polar surface area (TPSA) is 211 Å². The Kier molecular flexibility index (Phi) is 13.3. The Hall–Kier alpha value is -6.80. The number of thiazole rings is 1. The van der Waals surface area contributed by atoms with Crippen molar-refractivity contribution in [3.63, 3.8) is 0 Å². The summed E-state index contributed by atoms with van der Waals surface area (Å²) < 4.78 is 41.5. The lowest BCUT2D eigenvalue weighted by Gasteiger charge is -2.40. The second kappa shape index (κ2) is 19.7. The quantitative estimate of drug-likeness (QED) is 0.0910. The Labute approximate surface area is 420 Å². The molecule has 4 amide bonds. The van der Waals surface area contributed by atoms with Crippen molar-refractivity contribution in [3.8, 4) is 39.5 Å². The van der Waals surface area contributed by atoms with E-state index in [1.165, 1.54) is 20.3 Å². The van der Waals surface area contributed by atoms with E-state index in [9.17, 15) is 19.2 Å². The molecule has 0 aliphatic carbocycles. The minimum Gasteiger partial charge on any atom is -0.464 e. The van der Waals surface area contributed by atoms with E-state index < -0.39 is 41.9 Å². The zero-order valence-corrected chi connectivity index (χ0v) is 42.4. The Morgan fingerprint density at radius 3 is 2.17 bits per heavy atom. The lowest BCUT2D eigenvalue weighted by atomic mass is 9.82. The number of hydrogen-bond donors (Lipinski definition) is 4. The molecule has 4 aliphatic rings. The van der Waals surface area contributed by atoms with Gasteiger partial charge < -0.3 is 49.3 Å². The number of methoxy groups -OCH3 is 2. The number of halogens is 1. The highest BCUT2D eigenvalue weighted by molar-refractivity contribution is 7.11. The highest BCUT2D eigenvalue weighted by Crippen LogP contribution is 2.48. The number of alkyl carbamates (subject to hydrolysis) is 2.